The molecule has 1 aromatic carbocycles. The molecule has 4 aliphatic rings. The summed E-state index contributed by atoms with van der Waals surface area (Å²) in [5, 5.41) is 4.16. The van der Waals surface area contributed by atoms with E-state index in [9.17, 15) is 13.2 Å². The number of hydrogen-bond acceptors (Lipinski definition) is 9. The van der Waals surface area contributed by atoms with Crippen LogP contribution in [0.2, 0.25) is 0 Å². The third kappa shape index (κ3) is 4.83. The number of fused-ring (bicyclic) bond motifs is 1. The van der Waals surface area contributed by atoms with E-state index in [4.69, 9.17) is 9.47 Å². The van der Waals surface area contributed by atoms with Crippen molar-refractivity contribution in [2.45, 2.75) is 56.2 Å². The van der Waals surface area contributed by atoms with E-state index in [1.54, 1.807) is 6.34 Å². The average molecular weight is 546 g/mol. The van der Waals surface area contributed by atoms with Gasteiger partial charge in [-0.25, -0.2) is 10.4 Å². The lowest BCUT2D eigenvalue weighted by Crippen LogP contribution is -2.52. The molecule has 0 aliphatic carbocycles. The fraction of sp³-hybridized carbons (Fsp3) is 0.556. The van der Waals surface area contributed by atoms with E-state index in [0.717, 1.165) is 17.5 Å². The number of hydrogen-bond donors (Lipinski definition) is 3. The van der Waals surface area contributed by atoms with Crippen molar-refractivity contribution >= 4 is 12.0 Å². The van der Waals surface area contributed by atoms with Crippen molar-refractivity contribution in [1.82, 2.24) is 25.6 Å². The molecule has 12 heteroatoms. The van der Waals surface area contributed by atoms with Gasteiger partial charge in [-0.3, -0.25) is 10.3 Å². The molecule has 3 N–H and O–H groups in total. The minimum Gasteiger partial charge on any atom is -0.379 e. The van der Waals surface area contributed by atoms with E-state index in [2.05, 4.69) is 43.4 Å². The van der Waals surface area contributed by atoms with Crippen LogP contribution in [-0.4, -0.2) is 73.3 Å². The van der Waals surface area contributed by atoms with E-state index in [1.807, 2.05) is 37.9 Å². The number of morpholine rings is 1. The lowest BCUT2D eigenvalue weighted by Gasteiger charge is -2.44. The summed E-state index contributed by atoms with van der Waals surface area (Å²) in [4.78, 5) is 8.30. The molecule has 2 aromatic rings. The van der Waals surface area contributed by atoms with E-state index in [1.165, 1.54) is 6.07 Å². The second-order valence-electron chi connectivity index (χ2n) is 11.1. The van der Waals surface area contributed by atoms with Crippen molar-refractivity contribution in [3.05, 3.63) is 58.4 Å². The molecule has 6 rings (SSSR count). The topological polar surface area (TPSA) is 86.3 Å². The van der Waals surface area contributed by atoms with Crippen LogP contribution in [0.25, 0.3) is 0 Å². The van der Waals surface area contributed by atoms with E-state index < -0.39 is 17.9 Å². The lowest BCUT2D eigenvalue weighted by atomic mass is 9.74. The first kappa shape index (κ1) is 26.3. The Labute approximate surface area is 225 Å². The van der Waals surface area contributed by atoms with Gasteiger partial charge in [0.25, 0.3) is 0 Å². The van der Waals surface area contributed by atoms with Crippen molar-refractivity contribution in [2.24, 2.45) is 5.10 Å². The van der Waals surface area contributed by atoms with E-state index >= 15 is 0 Å². The molecule has 0 saturated carbocycles. The van der Waals surface area contributed by atoms with Crippen LogP contribution in [0, 0.1) is 0 Å². The predicted octanol–water partition coefficient (Wildman–Crippen LogP) is 3.36. The van der Waals surface area contributed by atoms with Crippen LogP contribution in [0.3, 0.4) is 0 Å². The third-order valence-electron chi connectivity index (χ3n) is 8.36. The van der Waals surface area contributed by atoms with Gasteiger partial charge < -0.3 is 19.8 Å². The van der Waals surface area contributed by atoms with Crippen molar-refractivity contribution < 1.29 is 22.6 Å². The molecule has 2 unspecified atom stereocenters. The molecular weight excluding hydrogens is 511 g/mol. The molecule has 5 heterocycles. The highest BCUT2D eigenvalue weighted by Gasteiger charge is 2.44. The Morgan fingerprint density at radius 1 is 1.23 bits per heavy atom. The van der Waals surface area contributed by atoms with Crippen LogP contribution in [0.1, 0.15) is 60.4 Å². The van der Waals surface area contributed by atoms with Crippen LogP contribution >= 0.6 is 0 Å². The summed E-state index contributed by atoms with van der Waals surface area (Å²) in [6.45, 7) is 6.85. The number of pyridine rings is 1. The average Bonchev–Trinajstić information content (AvgIpc) is 3.50. The first-order valence-corrected chi connectivity index (χ1v) is 13.3. The summed E-state index contributed by atoms with van der Waals surface area (Å²) in [5.74, 6) is 0. The number of anilines is 1. The standard InChI is InChI=1S/C27H34F3N7O2/c1-16-12-37(7-8-39-16)17(2)23-25-20(10-21(32-23)27(28,29)30)24(34-35-25)18-5-4-6-19(9-18)26(13-38-14-26)11-22-33-31-15-36(22)3/h4-6,9-10,15-17,22,24,33-35H,7-8,11-14H2,1-3H3/t16-,17-,22?,24?/m0/s1. The van der Waals surface area contributed by atoms with Gasteiger partial charge in [0.05, 0.1) is 49.4 Å². The van der Waals surface area contributed by atoms with Crippen molar-refractivity contribution in [3.63, 3.8) is 0 Å². The normalized spacial score (nSPS) is 27.0. The van der Waals surface area contributed by atoms with E-state index in [-0.39, 0.29) is 23.7 Å². The molecule has 9 nitrogen and oxygen atoms in total. The molecule has 4 atom stereocenters. The van der Waals surface area contributed by atoms with Gasteiger partial charge in [0.15, 0.2) is 0 Å². The van der Waals surface area contributed by atoms with Gasteiger partial charge in [0.2, 0.25) is 0 Å². The Morgan fingerprint density at radius 3 is 2.72 bits per heavy atom. The van der Waals surface area contributed by atoms with Crippen molar-refractivity contribution in [2.75, 3.05) is 45.4 Å². The quantitative estimate of drug-likeness (QED) is 0.510. The highest BCUT2D eigenvalue weighted by atomic mass is 19.4. The molecule has 2 fully saturated rings. The summed E-state index contributed by atoms with van der Waals surface area (Å²) < 4.78 is 53.5. The Balaban J connectivity index is 1.34. The smallest absolute Gasteiger partial charge is 0.379 e. The first-order chi connectivity index (χ1) is 18.6. The van der Waals surface area contributed by atoms with Crippen LogP contribution in [0.5, 0.6) is 0 Å². The van der Waals surface area contributed by atoms with Gasteiger partial charge in [-0.1, -0.05) is 24.3 Å². The number of ether oxygens (including phenoxy) is 2. The predicted molar refractivity (Wildman–Crippen MR) is 140 cm³/mol. The summed E-state index contributed by atoms with van der Waals surface area (Å²) in [7, 11) is 1.98. The molecule has 0 bridgehead atoms. The number of hydrazone groups is 1. The largest absolute Gasteiger partial charge is 0.433 e. The minimum atomic E-state index is -4.56. The minimum absolute atomic E-state index is 0.00945. The number of nitrogens with zero attached hydrogens (tertiary/aromatic N) is 4. The lowest BCUT2D eigenvalue weighted by molar-refractivity contribution is -0.141. The number of nitrogens with one attached hydrogen (secondary N) is 3. The Bertz CT molecular complexity index is 1250. The summed E-state index contributed by atoms with van der Waals surface area (Å²) in [5.41, 5.74) is 12.0. The third-order valence-corrected chi connectivity index (χ3v) is 8.36. The molecule has 0 amide bonds. The zero-order valence-corrected chi connectivity index (χ0v) is 22.3. The number of rotatable bonds is 6. The maximum Gasteiger partial charge on any atom is 0.433 e. The monoisotopic (exact) mass is 545 g/mol. The number of benzene rings is 1. The molecule has 4 aliphatic heterocycles. The molecule has 0 spiro atoms. The zero-order valence-electron chi connectivity index (χ0n) is 22.3. The SMILES string of the molecule is C[C@H]1CN([C@@H](C)c2nc(C(F)(F)F)cc3c2NNC3c2cccc(C3(CC4NN=CN4C)COC3)c2)CCO1. The maximum absolute atomic E-state index is 14.1. The summed E-state index contributed by atoms with van der Waals surface area (Å²) in [6.07, 6.45) is -1.94. The molecule has 39 heavy (non-hydrogen) atoms. The number of halogens is 3. The fourth-order valence-electron chi connectivity index (χ4n) is 5.99. The molecular formula is C27H34F3N7O2. The number of hydrazine groups is 1. The summed E-state index contributed by atoms with van der Waals surface area (Å²) in [6, 6.07) is 8.48. The number of alkyl halides is 3. The fourth-order valence-corrected chi connectivity index (χ4v) is 5.99. The molecule has 1 aromatic heterocycles. The number of aromatic nitrogens is 1. The highest BCUT2D eigenvalue weighted by molar-refractivity contribution is 5.63. The summed E-state index contributed by atoms with van der Waals surface area (Å²) >= 11 is 0. The van der Waals surface area contributed by atoms with Gasteiger partial charge >= 0.3 is 6.18 Å². The van der Waals surface area contributed by atoms with Gasteiger partial charge in [0.1, 0.15) is 18.2 Å². The van der Waals surface area contributed by atoms with Crippen LogP contribution in [-0.2, 0) is 21.1 Å². The van der Waals surface area contributed by atoms with Crippen LogP contribution in [0.4, 0.5) is 18.9 Å². The highest BCUT2D eigenvalue weighted by Crippen LogP contribution is 2.44. The molecule has 210 valence electrons. The molecule has 2 saturated heterocycles. The molecule has 0 radical (unpaired) electrons. The van der Waals surface area contributed by atoms with Crippen LogP contribution < -0.4 is 16.3 Å². The van der Waals surface area contributed by atoms with Gasteiger partial charge in [0, 0.05) is 37.5 Å². The van der Waals surface area contributed by atoms with E-state index in [0.29, 0.717) is 49.9 Å². The van der Waals surface area contributed by atoms with Gasteiger partial charge in [-0.05, 0) is 31.0 Å². The maximum atomic E-state index is 14.1. The van der Waals surface area contributed by atoms with Gasteiger partial charge in [-0.2, -0.15) is 18.3 Å². The van der Waals surface area contributed by atoms with Crippen LogP contribution in [0.15, 0.2) is 35.4 Å². The first-order valence-electron chi connectivity index (χ1n) is 13.3. The van der Waals surface area contributed by atoms with Gasteiger partial charge in [-0.15, -0.1) is 0 Å². The van der Waals surface area contributed by atoms with Crippen molar-refractivity contribution in [1.29, 1.82) is 0 Å². The second kappa shape index (κ2) is 9.92. The zero-order chi connectivity index (χ0) is 27.4. The van der Waals surface area contributed by atoms with Crippen molar-refractivity contribution in [3.8, 4) is 0 Å². The Morgan fingerprint density at radius 2 is 2.05 bits per heavy atom. The Hall–Kier alpha value is -2.93. The Kier molecular flexibility index (Phi) is 6.69. The second-order valence-corrected chi connectivity index (χ2v) is 11.1.